The average Bonchev–Trinajstić information content (AvgIpc) is 2.75. The molecule has 0 radical (unpaired) electrons. The summed E-state index contributed by atoms with van der Waals surface area (Å²) in [6, 6.07) is 10.8. The molecule has 0 spiro atoms. The van der Waals surface area contributed by atoms with Crippen LogP contribution < -0.4 is 4.90 Å². The zero-order chi connectivity index (χ0) is 13.1. The number of fused-ring (bicyclic) bond motifs is 1. The van der Waals surface area contributed by atoms with E-state index in [0.29, 0.717) is 0 Å². The Balaban J connectivity index is 2.09. The predicted octanol–water partition coefficient (Wildman–Crippen LogP) is 3.74. The van der Waals surface area contributed by atoms with Crippen LogP contribution >= 0.6 is 11.8 Å². The number of nitrogens with zero attached hydrogens (tertiary/aromatic N) is 2. The van der Waals surface area contributed by atoms with Crippen molar-refractivity contribution < 1.29 is 0 Å². The van der Waals surface area contributed by atoms with Crippen LogP contribution in [0.2, 0.25) is 0 Å². The fraction of sp³-hybridized carbons (Fsp3) is 0.438. The maximum absolute atomic E-state index is 4.74. The van der Waals surface area contributed by atoms with Gasteiger partial charge < -0.3 is 4.90 Å². The summed E-state index contributed by atoms with van der Waals surface area (Å²) < 4.78 is 0. The number of hydrogen-bond donors (Lipinski definition) is 0. The highest BCUT2D eigenvalue weighted by Crippen LogP contribution is 2.28. The second-order valence-electron chi connectivity index (χ2n) is 4.96. The van der Waals surface area contributed by atoms with Crippen molar-refractivity contribution in [3.8, 4) is 0 Å². The van der Waals surface area contributed by atoms with Crippen LogP contribution in [0.15, 0.2) is 30.3 Å². The molecule has 0 atom stereocenters. The lowest BCUT2D eigenvalue weighted by Crippen LogP contribution is -2.25. The van der Waals surface area contributed by atoms with Crippen molar-refractivity contribution in [1.29, 1.82) is 0 Å². The molecule has 1 aromatic heterocycles. The second-order valence-corrected chi connectivity index (χ2v) is 6.18. The van der Waals surface area contributed by atoms with Crippen molar-refractivity contribution in [2.75, 3.05) is 29.5 Å². The van der Waals surface area contributed by atoms with Crippen LogP contribution in [0.25, 0.3) is 10.9 Å². The fourth-order valence-corrected chi connectivity index (χ4v) is 3.53. The summed E-state index contributed by atoms with van der Waals surface area (Å²) in [6.45, 7) is 4.51. The van der Waals surface area contributed by atoms with Gasteiger partial charge in [-0.1, -0.05) is 25.1 Å². The van der Waals surface area contributed by atoms with Crippen molar-refractivity contribution in [3.05, 3.63) is 36.0 Å². The van der Waals surface area contributed by atoms with Crippen molar-refractivity contribution in [2.45, 2.75) is 19.8 Å². The van der Waals surface area contributed by atoms with E-state index in [4.69, 9.17) is 4.98 Å². The number of aryl methyl sites for hydroxylation is 1. The zero-order valence-corrected chi connectivity index (χ0v) is 12.2. The van der Waals surface area contributed by atoms with Gasteiger partial charge in [0.15, 0.2) is 0 Å². The Morgan fingerprint density at radius 1 is 1.21 bits per heavy atom. The minimum absolute atomic E-state index is 1.00. The molecule has 0 aliphatic carbocycles. The summed E-state index contributed by atoms with van der Waals surface area (Å²) in [6.07, 6.45) is 2.28. The first-order chi connectivity index (χ1) is 9.38. The van der Waals surface area contributed by atoms with Gasteiger partial charge in [0.25, 0.3) is 0 Å². The first kappa shape index (κ1) is 12.8. The maximum Gasteiger partial charge on any atom is 0.0726 e. The van der Waals surface area contributed by atoms with Gasteiger partial charge in [0, 0.05) is 35.6 Å². The molecule has 2 nitrogen and oxygen atoms in total. The molecule has 3 heteroatoms. The number of rotatable bonds is 2. The molecule has 2 heterocycles. The van der Waals surface area contributed by atoms with Crippen LogP contribution in [0.3, 0.4) is 0 Å². The molecule has 0 unspecified atom stereocenters. The first-order valence-electron chi connectivity index (χ1n) is 7.10. The molecule has 1 saturated heterocycles. The second kappa shape index (κ2) is 5.83. The normalized spacial score (nSPS) is 16.6. The van der Waals surface area contributed by atoms with Crippen molar-refractivity contribution >= 4 is 28.4 Å². The highest BCUT2D eigenvalue weighted by molar-refractivity contribution is 7.99. The minimum Gasteiger partial charge on any atom is -0.370 e. The standard InChI is InChI=1S/C16H20N2S/c1-2-13-12-16(18-8-5-10-19-11-9-18)14-6-3-4-7-15(14)17-13/h3-4,6-7,12H,2,5,8-11H2,1H3. The molecule has 19 heavy (non-hydrogen) atoms. The highest BCUT2D eigenvalue weighted by atomic mass is 32.2. The number of thioether (sulfide) groups is 1. The van der Waals surface area contributed by atoms with Gasteiger partial charge in [-0.05, 0) is 30.7 Å². The Hall–Kier alpha value is -1.22. The smallest absolute Gasteiger partial charge is 0.0726 e. The molecule has 1 aliphatic rings. The number of hydrogen-bond acceptors (Lipinski definition) is 3. The Bertz CT molecular complexity index is 560. The molecule has 1 aromatic carbocycles. The third-order valence-electron chi connectivity index (χ3n) is 3.67. The number of anilines is 1. The monoisotopic (exact) mass is 272 g/mol. The molecule has 2 aromatic rings. The van der Waals surface area contributed by atoms with Crippen LogP contribution in [-0.4, -0.2) is 29.6 Å². The van der Waals surface area contributed by atoms with E-state index >= 15 is 0 Å². The molecule has 0 N–H and O–H groups in total. The molecule has 1 aliphatic heterocycles. The Morgan fingerprint density at radius 3 is 3.00 bits per heavy atom. The molecule has 100 valence electrons. The predicted molar refractivity (Wildman–Crippen MR) is 85.3 cm³/mol. The van der Waals surface area contributed by atoms with Gasteiger partial charge in [0.2, 0.25) is 0 Å². The van der Waals surface area contributed by atoms with E-state index in [2.05, 4.69) is 53.9 Å². The molecular weight excluding hydrogens is 252 g/mol. The van der Waals surface area contributed by atoms with Crippen LogP contribution in [0.1, 0.15) is 19.0 Å². The van der Waals surface area contributed by atoms with Gasteiger partial charge in [-0.15, -0.1) is 0 Å². The maximum atomic E-state index is 4.74. The number of para-hydroxylation sites is 1. The first-order valence-corrected chi connectivity index (χ1v) is 8.25. The summed E-state index contributed by atoms with van der Waals surface area (Å²) in [5, 5.41) is 1.30. The van der Waals surface area contributed by atoms with Gasteiger partial charge in [-0.25, -0.2) is 0 Å². The quantitative estimate of drug-likeness (QED) is 0.828. The fourth-order valence-electron chi connectivity index (χ4n) is 2.64. The van der Waals surface area contributed by atoms with E-state index in [0.717, 1.165) is 18.5 Å². The average molecular weight is 272 g/mol. The Morgan fingerprint density at radius 2 is 2.11 bits per heavy atom. The van der Waals surface area contributed by atoms with Crippen LogP contribution in [0.5, 0.6) is 0 Å². The Kier molecular flexibility index (Phi) is 3.92. The SMILES string of the molecule is CCc1cc(N2CCCSCC2)c2ccccc2n1. The molecule has 0 saturated carbocycles. The van der Waals surface area contributed by atoms with Crippen LogP contribution in [-0.2, 0) is 6.42 Å². The van der Waals surface area contributed by atoms with E-state index in [-0.39, 0.29) is 0 Å². The number of aromatic nitrogens is 1. The van der Waals surface area contributed by atoms with Crippen molar-refractivity contribution in [2.24, 2.45) is 0 Å². The molecule has 0 bridgehead atoms. The molecule has 1 fully saturated rings. The largest absolute Gasteiger partial charge is 0.370 e. The van der Waals surface area contributed by atoms with E-state index < -0.39 is 0 Å². The van der Waals surface area contributed by atoms with E-state index in [1.165, 1.54) is 41.2 Å². The summed E-state index contributed by atoms with van der Waals surface area (Å²) in [5.74, 6) is 2.53. The summed E-state index contributed by atoms with van der Waals surface area (Å²) in [7, 11) is 0. The van der Waals surface area contributed by atoms with Crippen LogP contribution in [0.4, 0.5) is 5.69 Å². The summed E-state index contributed by atoms with van der Waals surface area (Å²) in [5.41, 5.74) is 3.71. The highest BCUT2D eigenvalue weighted by Gasteiger charge is 2.14. The van der Waals surface area contributed by atoms with E-state index in [9.17, 15) is 0 Å². The minimum atomic E-state index is 1.00. The summed E-state index contributed by atoms with van der Waals surface area (Å²) >= 11 is 2.07. The third kappa shape index (κ3) is 2.71. The van der Waals surface area contributed by atoms with E-state index in [1.807, 2.05) is 0 Å². The van der Waals surface area contributed by atoms with Crippen LogP contribution in [0, 0.1) is 0 Å². The molecular formula is C16H20N2S. The lowest BCUT2D eigenvalue weighted by molar-refractivity contribution is 0.817. The topological polar surface area (TPSA) is 16.1 Å². The van der Waals surface area contributed by atoms with Gasteiger partial charge in [-0.2, -0.15) is 11.8 Å². The van der Waals surface area contributed by atoms with Gasteiger partial charge >= 0.3 is 0 Å². The lowest BCUT2D eigenvalue weighted by Gasteiger charge is -2.24. The number of pyridine rings is 1. The zero-order valence-electron chi connectivity index (χ0n) is 11.4. The lowest BCUT2D eigenvalue weighted by atomic mass is 10.1. The third-order valence-corrected chi connectivity index (χ3v) is 4.72. The van der Waals surface area contributed by atoms with Crippen molar-refractivity contribution in [1.82, 2.24) is 4.98 Å². The van der Waals surface area contributed by atoms with E-state index in [1.54, 1.807) is 0 Å². The molecule has 3 rings (SSSR count). The number of benzene rings is 1. The van der Waals surface area contributed by atoms with Gasteiger partial charge in [-0.3, -0.25) is 4.98 Å². The van der Waals surface area contributed by atoms with Crippen molar-refractivity contribution in [3.63, 3.8) is 0 Å². The van der Waals surface area contributed by atoms with Gasteiger partial charge in [0.1, 0.15) is 0 Å². The van der Waals surface area contributed by atoms with Gasteiger partial charge in [0.05, 0.1) is 5.52 Å². The Labute approximate surface area is 119 Å². The summed E-state index contributed by atoms with van der Waals surface area (Å²) in [4.78, 5) is 7.29. The molecule has 0 amide bonds.